The summed E-state index contributed by atoms with van der Waals surface area (Å²) < 4.78 is 52.2. The second kappa shape index (κ2) is 6.45. The van der Waals surface area contributed by atoms with Crippen molar-refractivity contribution in [3.05, 3.63) is 34.0 Å². The van der Waals surface area contributed by atoms with Crippen LogP contribution in [0.1, 0.15) is 17.5 Å². The lowest BCUT2D eigenvalue weighted by molar-refractivity contribution is -0.140. The number of hydrogen-bond donors (Lipinski definition) is 1. The molecule has 2 heterocycles. The molecule has 0 unspecified atom stereocenters. The van der Waals surface area contributed by atoms with Crippen molar-refractivity contribution in [2.75, 3.05) is 5.32 Å². The average molecular weight is 330 g/mol. The van der Waals surface area contributed by atoms with Gasteiger partial charge in [0.25, 0.3) is 0 Å². The minimum Gasteiger partial charge on any atom is -0.377 e. The zero-order valence-corrected chi connectivity index (χ0v) is 12.0. The second-order valence-electron chi connectivity index (χ2n) is 3.80. The Morgan fingerprint density at radius 1 is 1.35 bits per heavy atom. The van der Waals surface area contributed by atoms with Gasteiger partial charge < -0.3 is 5.32 Å². The lowest BCUT2D eigenvalue weighted by atomic mass is 10.3. The summed E-state index contributed by atoms with van der Waals surface area (Å²) in [5, 5.41) is 5.76. The molecule has 0 bridgehead atoms. The van der Waals surface area contributed by atoms with Gasteiger partial charge in [0.15, 0.2) is 10.8 Å². The van der Waals surface area contributed by atoms with E-state index in [2.05, 4.69) is 10.4 Å². The van der Waals surface area contributed by atoms with Crippen molar-refractivity contribution in [3.8, 4) is 0 Å². The molecule has 0 saturated heterocycles. The van der Waals surface area contributed by atoms with Gasteiger partial charge in [-0.15, -0.1) is 23.7 Å². The molecule has 0 fully saturated rings. The van der Waals surface area contributed by atoms with Crippen molar-refractivity contribution in [1.82, 2.24) is 9.78 Å². The molecule has 20 heavy (non-hydrogen) atoms. The number of aromatic nitrogens is 2. The van der Waals surface area contributed by atoms with Crippen molar-refractivity contribution in [2.24, 2.45) is 0 Å². The molecule has 2 rings (SSSR count). The predicted octanol–water partition coefficient (Wildman–Crippen LogP) is 4.16. The minimum absolute atomic E-state index is 0. The number of thiophene rings is 1. The van der Waals surface area contributed by atoms with Crippen LogP contribution < -0.4 is 5.32 Å². The van der Waals surface area contributed by atoms with Crippen molar-refractivity contribution in [1.29, 1.82) is 0 Å². The summed E-state index contributed by atoms with van der Waals surface area (Å²) in [6.07, 6.45) is -3.21. The van der Waals surface area contributed by atoms with Crippen LogP contribution >= 0.6 is 23.7 Å². The maximum atomic E-state index is 12.8. The predicted molar refractivity (Wildman–Crippen MR) is 71.8 cm³/mol. The quantitative estimate of drug-likeness (QED) is 0.854. The molecule has 0 radical (unpaired) electrons. The summed E-state index contributed by atoms with van der Waals surface area (Å²) in [5.41, 5.74) is -1.05. The molecule has 2 aromatic heterocycles. The van der Waals surface area contributed by atoms with Crippen LogP contribution in [0.2, 0.25) is 0 Å². The summed E-state index contributed by atoms with van der Waals surface area (Å²) in [7, 11) is 0. The molecule has 1 N–H and O–H groups in total. The zero-order valence-electron chi connectivity index (χ0n) is 10.4. The third-order valence-corrected chi connectivity index (χ3v) is 3.31. The maximum absolute atomic E-state index is 12.8. The number of aryl methyl sites for hydroxylation is 1. The SMILES string of the molecule is CCn1cc(NCc2ccc(F)s2)c(C(F)(F)F)n1.Cl. The first-order chi connectivity index (χ1) is 8.90. The fraction of sp³-hybridized carbons (Fsp3) is 0.364. The zero-order chi connectivity index (χ0) is 14.0. The Kier molecular flexibility index (Phi) is 5.41. The fourth-order valence-corrected chi connectivity index (χ4v) is 2.22. The molecule has 0 aliphatic rings. The average Bonchev–Trinajstić information content (AvgIpc) is 2.91. The molecule has 0 aromatic carbocycles. The first-order valence-corrected chi connectivity index (χ1v) is 6.34. The Labute approximate surface area is 123 Å². The number of anilines is 1. The fourth-order valence-electron chi connectivity index (χ4n) is 1.55. The van der Waals surface area contributed by atoms with Gasteiger partial charge in [0, 0.05) is 24.2 Å². The summed E-state index contributed by atoms with van der Waals surface area (Å²) >= 11 is 0.895. The third-order valence-electron chi connectivity index (χ3n) is 2.44. The molecule has 112 valence electrons. The number of rotatable bonds is 4. The van der Waals surface area contributed by atoms with E-state index >= 15 is 0 Å². The first kappa shape index (κ1) is 16.8. The summed E-state index contributed by atoms with van der Waals surface area (Å²) in [6, 6.07) is 2.81. The van der Waals surface area contributed by atoms with Crippen LogP contribution in [-0.4, -0.2) is 9.78 Å². The van der Waals surface area contributed by atoms with E-state index in [4.69, 9.17) is 0 Å². The molecule has 0 amide bonds. The highest BCUT2D eigenvalue weighted by molar-refractivity contribution is 7.10. The van der Waals surface area contributed by atoms with Crippen molar-refractivity contribution in [3.63, 3.8) is 0 Å². The van der Waals surface area contributed by atoms with Gasteiger partial charge in [-0.05, 0) is 19.1 Å². The summed E-state index contributed by atoms with van der Waals surface area (Å²) in [5.74, 6) is 0. The number of nitrogens with one attached hydrogen (secondary N) is 1. The lowest BCUT2D eigenvalue weighted by Gasteiger charge is -2.07. The number of alkyl halides is 3. The topological polar surface area (TPSA) is 29.9 Å². The Bertz CT molecular complexity index is 564. The van der Waals surface area contributed by atoms with E-state index in [1.54, 1.807) is 6.92 Å². The van der Waals surface area contributed by atoms with E-state index in [0.717, 1.165) is 11.3 Å². The van der Waals surface area contributed by atoms with Crippen LogP contribution in [0.4, 0.5) is 23.2 Å². The van der Waals surface area contributed by atoms with E-state index in [9.17, 15) is 17.6 Å². The highest BCUT2D eigenvalue weighted by atomic mass is 35.5. The van der Waals surface area contributed by atoms with E-state index < -0.39 is 11.9 Å². The van der Waals surface area contributed by atoms with Crippen molar-refractivity contribution < 1.29 is 17.6 Å². The molecule has 0 aliphatic carbocycles. The summed E-state index contributed by atoms with van der Waals surface area (Å²) in [6.45, 7) is 2.18. The molecule has 2 aromatic rings. The van der Waals surface area contributed by atoms with Gasteiger partial charge in [-0.2, -0.15) is 22.7 Å². The third kappa shape index (κ3) is 3.86. The Balaban J connectivity index is 0.00000200. The van der Waals surface area contributed by atoms with Gasteiger partial charge in [-0.3, -0.25) is 4.68 Å². The van der Waals surface area contributed by atoms with Gasteiger partial charge in [0.05, 0.1) is 5.69 Å². The molecule has 3 nitrogen and oxygen atoms in total. The van der Waals surface area contributed by atoms with E-state index in [1.807, 2.05) is 0 Å². The van der Waals surface area contributed by atoms with Gasteiger partial charge in [-0.25, -0.2) is 0 Å². The summed E-state index contributed by atoms with van der Waals surface area (Å²) in [4.78, 5) is 0.620. The number of hydrogen-bond acceptors (Lipinski definition) is 3. The maximum Gasteiger partial charge on any atom is 0.437 e. The van der Waals surface area contributed by atoms with Crippen LogP contribution in [0.15, 0.2) is 18.3 Å². The van der Waals surface area contributed by atoms with Crippen LogP contribution in [0.25, 0.3) is 0 Å². The second-order valence-corrected chi connectivity index (χ2v) is 4.92. The van der Waals surface area contributed by atoms with Gasteiger partial charge >= 0.3 is 6.18 Å². The smallest absolute Gasteiger partial charge is 0.377 e. The van der Waals surface area contributed by atoms with Gasteiger partial charge in [0.1, 0.15) is 0 Å². The molecule has 9 heteroatoms. The Hall–Kier alpha value is -1.28. The molecule has 0 atom stereocenters. The highest BCUT2D eigenvalue weighted by Gasteiger charge is 2.37. The minimum atomic E-state index is -4.51. The van der Waals surface area contributed by atoms with Crippen molar-refractivity contribution >= 4 is 29.4 Å². The number of nitrogens with zero attached hydrogens (tertiary/aromatic N) is 2. The normalized spacial score (nSPS) is 11.2. The number of halogens is 5. The van der Waals surface area contributed by atoms with E-state index in [-0.39, 0.29) is 29.8 Å². The van der Waals surface area contributed by atoms with E-state index in [1.165, 1.54) is 23.0 Å². The van der Waals surface area contributed by atoms with E-state index in [0.29, 0.717) is 11.4 Å². The van der Waals surface area contributed by atoms with Crippen LogP contribution in [0, 0.1) is 5.13 Å². The van der Waals surface area contributed by atoms with Crippen LogP contribution in [0.3, 0.4) is 0 Å². The van der Waals surface area contributed by atoms with Gasteiger partial charge in [0.2, 0.25) is 0 Å². The largest absolute Gasteiger partial charge is 0.437 e. The Morgan fingerprint density at radius 3 is 2.55 bits per heavy atom. The molecular formula is C11H12ClF4N3S. The molecular weight excluding hydrogens is 318 g/mol. The molecule has 0 saturated carbocycles. The van der Waals surface area contributed by atoms with Crippen LogP contribution in [0.5, 0.6) is 0 Å². The van der Waals surface area contributed by atoms with Crippen molar-refractivity contribution in [2.45, 2.75) is 26.2 Å². The Morgan fingerprint density at radius 2 is 2.05 bits per heavy atom. The van der Waals surface area contributed by atoms with Gasteiger partial charge in [-0.1, -0.05) is 0 Å². The molecule has 0 spiro atoms. The first-order valence-electron chi connectivity index (χ1n) is 5.53. The monoisotopic (exact) mass is 329 g/mol. The van der Waals surface area contributed by atoms with Crippen LogP contribution in [-0.2, 0) is 19.3 Å². The molecule has 0 aliphatic heterocycles. The standard InChI is InChI=1S/C11H11F4N3S.ClH/c1-2-18-6-8(10(17-18)11(13,14)15)16-5-7-3-4-9(12)19-7;/h3-4,6,16H,2,5H2,1H3;1H. The lowest BCUT2D eigenvalue weighted by Crippen LogP contribution is -2.10. The highest BCUT2D eigenvalue weighted by Crippen LogP contribution is 2.33.